The highest BCUT2D eigenvalue weighted by atomic mass is 16.1. The predicted octanol–water partition coefficient (Wildman–Crippen LogP) is 1.33. The van der Waals surface area contributed by atoms with Crippen LogP contribution in [0.1, 0.15) is 37.8 Å². The number of amides is 1. The highest BCUT2D eigenvalue weighted by molar-refractivity contribution is 5.78. The van der Waals surface area contributed by atoms with Crippen LogP contribution >= 0.6 is 0 Å². The Morgan fingerprint density at radius 2 is 2.33 bits per heavy atom. The molecule has 6 heteroatoms. The van der Waals surface area contributed by atoms with Crippen molar-refractivity contribution in [2.45, 2.75) is 51.7 Å². The average Bonchev–Trinajstić information content (AvgIpc) is 3.06. The van der Waals surface area contributed by atoms with Gasteiger partial charge in [0.1, 0.15) is 5.82 Å². The SMILES string of the molecule is CC(C)n1ccc(CC(=O)NC2CCc3nccn3C2)n1. The molecule has 0 aromatic carbocycles. The zero-order valence-electron chi connectivity index (χ0n) is 12.5. The lowest BCUT2D eigenvalue weighted by molar-refractivity contribution is -0.121. The molecule has 112 valence electrons. The Hall–Kier alpha value is -2.11. The summed E-state index contributed by atoms with van der Waals surface area (Å²) in [5, 5.41) is 7.51. The maximum absolute atomic E-state index is 12.1. The molecule has 0 bridgehead atoms. The molecule has 0 aliphatic carbocycles. The molecule has 1 aliphatic rings. The molecule has 1 atom stereocenters. The fourth-order valence-electron chi connectivity index (χ4n) is 2.69. The summed E-state index contributed by atoms with van der Waals surface area (Å²) in [6, 6.07) is 2.42. The number of aromatic nitrogens is 4. The van der Waals surface area contributed by atoms with E-state index < -0.39 is 0 Å². The van der Waals surface area contributed by atoms with Crippen LogP contribution in [0, 0.1) is 0 Å². The van der Waals surface area contributed by atoms with Crippen molar-refractivity contribution in [3.63, 3.8) is 0 Å². The summed E-state index contributed by atoms with van der Waals surface area (Å²) in [5.74, 6) is 1.15. The third kappa shape index (κ3) is 3.15. The third-order valence-corrected chi connectivity index (χ3v) is 3.83. The molecule has 3 rings (SSSR count). The minimum absolute atomic E-state index is 0.0394. The molecule has 2 aromatic heterocycles. The Kier molecular flexibility index (Phi) is 3.77. The van der Waals surface area contributed by atoms with Gasteiger partial charge in [-0.1, -0.05) is 0 Å². The zero-order chi connectivity index (χ0) is 14.8. The number of hydrogen-bond acceptors (Lipinski definition) is 3. The maximum Gasteiger partial charge on any atom is 0.226 e. The van der Waals surface area contributed by atoms with Crippen LogP contribution in [0.5, 0.6) is 0 Å². The molecule has 6 nitrogen and oxygen atoms in total. The van der Waals surface area contributed by atoms with E-state index >= 15 is 0 Å². The predicted molar refractivity (Wildman–Crippen MR) is 78.8 cm³/mol. The van der Waals surface area contributed by atoms with Gasteiger partial charge < -0.3 is 9.88 Å². The van der Waals surface area contributed by atoms with Gasteiger partial charge in [0.2, 0.25) is 5.91 Å². The van der Waals surface area contributed by atoms with Gasteiger partial charge in [-0.05, 0) is 26.3 Å². The number of nitrogens with one attached hydrogen (secondary N) is 1. The van der Waals surface area contributed by atoms with E-state index in [-0.39, 0.29) is 11.9 Å². The zero-order valence-corrected chi connectivity index (χ0v) is 12.5. The first-order chi connectivity index (χ1) is 10.1. The number of nitrogens with zero attached hydrogens (tertiary/aromatic N) is 4. The summed E-state index contributed by atoms with van der Waals surface area (Å²) in [7, 11) is 0. The molecule has 1 aliphatic heterocycles. The van der Waals surface area contributed by atoms with Crippen LogP contribution in [0.2, 0.25) is 0 Å². The minimum atomic E-state index is 0.0394. The number of fused-ring (bicyclic) bond motifs is 1. The Bertz CT molecular complexity index is 628. The molecule has 21 heavy (non-hydrogen) atoms. The highest BCUT2D eigenvalue weighted by Crippen LogP contribution is 2.13. The van der Waals surface area contributed by atoms with Crippen LogP contribution < -0.4 is 5.32 Å². The number of imidazole rings is 1. The molecule has 0 spiro atoms. The van der Waals surface area contributed by atoms with E-state index in [9.17, 15) is 4.79 Å². The van der Waals surface area contributed by atoms with Crippen molar-refractivity contribution < 1.29 is 4.79 Å². The largest absolute Gasteiger partial charge is 0.351 e. The van der Waals surface area contributed by atoms with Gasteiger partial charge in [-0.3, -0.25) is 9.48 Å². The number of carbonyl (C=O) groups is 1. The van der Waals surface area contributed by atoms with Gasteiger partial charge in [0.15, 0.2) is 0 Å². The summed E-state index contributed by atoms with van der Waals surface area (Å²) < 4.78 is 3.99. The van der Waals surface area contributed by atoms with Crippen LogP contribution in [0.15, 0.2) is 24.7 Å². The van der Waals surface area contributed by atoms with Crippen molar-refractivity contribution in [3.8, 4) is 0 Å². The van der Waals surface area contributed by atoms with Crippen LogP contribution in [0.4, 0.5) is 0 Å². The first kappa shape index (κ1) is 13.9. The molecule has 0 fully saturated rings. The van der Waals surface area contributed by atoms with Crippen LogP contribution in [-0.2, 0) is 24.2 Å². The number of rotatable bonds is 4. The van der Waals surface area contributed by atoms with Crippen molar-refractivity contribution in [2.24, 2.45) is 0 Å². The van der Waals surface area contributed by atoms with Gasteiger partial charge in [0, 0.05) is 43.6 Å². The van der Waals surface area contributed by atoms with Gasteiger partial charge >= 0.3 is 0 Å². The average molecular weight is 287 g/mol. The van der Waals surface area contributed by atoms with Crippen LogP contribution in [0.3, 0.4) is 0 Å². The molecule has 1 N–H and O–H groups in total. The summed E-state index contributed by atoms with van der Waals surface area (Å²) in [6.07, 6.45) is 7.91. The van der Waals surface area contributed by atoms with Crippen LogP contribution in [-0.4, -0.2) is 31.3 Å². The molecular weight excluding hydrogens is 266 g/mol. The van der Waals surface area contributed by atoms with Crippen LogP contribution in [0.25, 0.3) is 0 Å². The molecule has 1 unspecified atom stereocenters. The fourth-order valence-corrected chi connectivity index (χ4v) is 2.69. The molecule has 1 amide bonds. The second-order valence-electron chi connectivity index (χ2n) is 5.86. The van der Waals surface area contributed by atoms with Crippen molar-refractivity contribution in [3.05, 3.63) is 36.2 Å². The Labute approximate surface area is 124 Å². The Morgan fingerprint density at radius 3 is 3.10 bits per heavy atom. The second kappa shape index (κ2) is 5.71. The van der Waals surface area contributed by atoms with E-state index in [2.05, 4.69) is 33.8 Å². The Balaban J connectivity index is 1.55. The van der Waals surface area contributed by atoms with Crippen molar-refractivity contribution in [1.82, 2.24) is 24.6 Å². The van der Waals surface area contributed by atoms with E-state index in [0.29, 0.717) is 12.5 Å². The summed E-state index contributed by atoms with van der Waals surface area (Å²) in [6.45, 7) is 4.95. The number of hydrogen-bond donors (Lipinski definition) is 1. The lowest BCUT2D eigenvalue weighted by Crippen LogP contribution is -2.41. The standard InChI is InChI=1S/C15H21N5O/c1-11(2)20-7-5-12(18-20)9-15(21)17-13-3-4-14-16-6-8-19(14)10-13/h5-8,11,13H,3-4,9-10H2,1-2H3,(H,17,21). The highest BCUT2D eigenvalue weighted by Gasteiger charge is 2.20. The van der Waals surface area contributed by atoms with E-state index in [4.69, 9.17) is 0 Å². The van der Waals surface area contributed by atoms with Gasteiger partial charge in [0.05, 0.1) is 12.1 Å². The fraction of sp³-hybridized carbons (Fsp3) is 0.533. The topological polar surface area (TPSA) is 64.7 Å². The monoisotopic (exact) mass is 287 g/mol. The van der Waals surface area contributed by atoms with E-state index in [1.165, 1.54) is 0 Å². The Morgan fingerprint density at radius 1 is 1.48 bits per heavy atom. The second-order valence-corrected chi connectivity index (χ2v) is 5.86. The smallest absolute Gasteiger partial charge is 0.226 e. The molecule has 2 aromatic rings. The maximum atomic E-state index is 12.1. The van der Waals surface area contributed by atoms with Gasteiger partial charge in [-0.25, -0.2) is 4.98 Å². The lowest BCUT2D eigenvalue weighted by atomic mass is 10.1. The van der Waals surface area contributed by atoms with E-state index in [1.807, 2.05) is 29.3 Å². The summed E-state index contributed by atoms with van der Waals surface area (Å²) in [5.41, 5.74) is 0.820. The molecule has 0 saturated carbocycles. The summed E-state index contributed by atoms with van der Waals surface area (Å²) in [4.78, 5) is 16.4. The van der Waals surface area contributed by atoms with Crippen molar-refractivity contribution in [2.75, 3.05) is 0 Å². The van der Waals surface area contributed by atoms with E-state index in [1.54, 1.807) is 0 Å². The molecule has 0 saturated heterocycles. The summed E-state index contributed by atoms with van der Waals surface area (Å²) >= 11 is 0. The van der Waals surface area contributed by atoms with Crippen molar-refractivity contribution in [1.29, 1.82) is 0 Å². The quantitative estimate of drug-likeness (QED) is 0.922. The first-order valence-corrected chi connectivity index (χ1v) is 7.45. The molecule has 3 heterocycles. The van der Waals surface area contributed by atoms with Gasteiger partial charge in [-0.2, -0.15) is 5.10 Å². The molecular formula is C15H21N5O. The van der Waals surface area contributed by atoms with Gasteiger partial charge in [0.25, 0.3) is 0 Å². The van der Waals surface area contributed by atoms with Gasteiger partial charge in [-0.15, -0.1) is 0 Å². The molecule has 0 radical (unpaired) electrons. The number of aryl methyl sites for hydroxylation is 1. The van der Waals surface area contributed by atoms with Crippen molar-refractivity contribution >= 4 is 5.91 Å². The normalized spacial score (nSPS) is 17.8. The minimum Gasteiger partial charge on any atom is -0.351 e. The lowest BCUT2D eigenvalue weighted by Gasteiger charge is -2.24. The number of carbonyl (C=O) groups excluding carboxylic acids is 1. The van der Waals surface area contributed by atoms with E-state index in [0.717, 1.165) is 30.9 Å². The first-order valence-electron chi connectivity index (χ1n) is 7.45. The third-order valence-electron chi connectivity index (χ3n) is 3.83.